The summed E-state index contributed by atoms with van der Waals surface area (Å²) in [6.07, 6.45) is 7.68. The van der Waals surface area contributed by atoms with Gasteiger partial charge in [0.1, 0.15) is 18.6 Å². The molecule has 3 heteroatoms. The lowest BCUT2D eigenvalue weighted by Crippen LogP contribution is -3.00. The molecule has 1 aliphatic carbocycles. The summed E-state index contributed by atoms with van der Waals surface area (Å²) in [4.78, 5) is 0. The van der Waals surface area contributed by atoms with E-state index in [0.29, 0.717) is 5.92 Å². The second kappa shape index (κ2) is 11.7. The fourth-order valence-electron chi connectivity index (χ4n) is 9.42. The fraction of sp³-hybridized carbons (Fsp3) is 0.684. The Morgan fingerprint density at radius 2 is 1.51 bits per heavy atom. The molecule has 3 fully saturated rings. The third-order valence-electron chi connectivity index (χ3n) is 11.5. The first-order chi connectivity index (χ1) is 18.8. The standard InChI is InChI=1S/C38H58NO.BrH/c1-10-11-12-16-21-40-38(30-17-14-13-15-18-30)27-39(25-28(2)33-19-20-34(38)37(33,39)9)26-29-22-31(35(3,4)5)24-32(23-29)36(6,7)8;/h13-15,17-18,22-24,28,33-34H,10-12,16,19-21,25-27H2,1-9H3;1H/q+1;/p-1/t28-,33+,34+,37-,38+,39-;/m1./s1. The number of quaternary nitrogens is 1. The molecule has 2 heterocycles. The predicted molar refractivity (Wildman–Crippen MR) is 170 cm³/mol. The van der Waals surface area contributed by atoms with Crippen molar-refractivity contribution in [2.24, 2.45) is 17.8 Å². The minimum absolute atomic E-state index is 0. The van der Waals surface area contributed by atoms with E-state index in [1.807, 2.05) is 0 Å². The second-order valence-corrected chi connectivity index (χ2v) is 16.2. The van der Waals surface area contributed by atoms with Crippen molar-refractivity contribution in [3.8, 4) is 0 Å². The van der Waals surface area contributed by atoms with E-state index in [-0.39, 0.29) is 39.0 Å². The lowest BCUT2D eigenvalue weighted by atomic mass is 9.73. The van der Waals surface area contributed by atoms with E-state index in [0.717, 1.165) is 31.5 Å². The summed E-state index contributed by atoms with van der Waals surface area (Å²) in [5, 5.41) is 0. The molecule has 0 amide bonds. The Balaban J connectivity index is 0.00000387. The van der Waals surface area contributed by atoms with Crippen molar-refractivity contribution in [3.63, 3.8) is 0 Å². The van der Waals surface area contributed by atoms with Crippen LogP contribution in [0, 0.1) is 17.8 Å². The Hall–Kier alpha value is -1.16. The van der Waals surface area contributed by atoms with Crippen molar-refractivity contribution in [3.05, 3.63) is 70.8 Å². The molecule has 2 saturated heterocycles. The SMILES string of the molecule is CCCCCCO[C@]1(c2ccccc2)C[N@+]2(Cc3cc(C(C)(C)C)cc(C(C)(C)C)c3)C[C@@H](C)[C@@H]3CC[C@H]1[C@@]32C.[Br-]. The van der Waals surface area contributed by atoms with Crippen molar-refractivity contribution < 1.29 is 26.2 Å². The summed E-state index contributed by atoms with van der Waals surface area (Å²) in [5.74, 6) is 2.11. The van der Waals surface area contributed by atoms with Gasteiger partial charge in [-0.25, -0.2) is 0 Å². The number of halogens is 1. The zero-order valence-electron chi connectivity index (χ0n) is 27.7. The monoisotopic (exact) mass is 623 g/mol. The molecule has 0 unspecified atom stereocenters. The summed E-state index contributed by atoms with van der Waals surface area (Å²) < 4.78 is 8.48. The average molecular weight is 625 g/mol. The summed E-state index contributed by atoms with van der Waals surface area (Å²) in [7, 11) is 0. The van der Waals surface area contributed by atoms with Crippen LogP contribution >= 0.6 is 0 Å². The minimum Gasteiger partial charge on any atom is -1.00 e. The summed E-state index contributed by atoms with van der Waals surface area (Å²) in [6.45, 7) is 26.1. The van der Waals surface area contributed by atoms with Gasteiger partial charge in [-0.15, -0.1) is 0 Å². The van der Waals surface area contributed by atoms with Gasteiger partial charge in [0.05, 0.1) is 12.5 Å². The van der Waals surface area contributed by atoms with Gasteiger partial charge < -0.3 is 26.2 Å². The van der Waals surface area contributed by atoms with E-state index in [1.165, 1.54) is 71.8 Å². The van der Waals surface area contributed by atoms with Crippen LogP contribution in [0.15, 0.2) is 48.5 Å². The van der Waals surface area contributed by atoms with Gasteiger partial charge in [0.15, 0.2) is 5.60 Å². The van der Waals surface area contributed by atoms with Gasteiger partial charge >= 0.3 is 0 Å². The predicted octanol–water partition coefficient (Wildman–Crippen LogP) is 6.54. The van der Waals surface area contributed by atoms with Crippen LogP contribution in [0.3, 0.4) is 0 Å². The number of rotatable bonds is 9. The maximum absolute atomic E-state index is 7.29. The molecular formula is C38H58BrNO. The lowest BCUT2D eigenvalue weighted by Gasteiger charge is -2.44. The first kappa shape index (κ1) is 32.7. The largest absolute Gasteiger partial charge is 1.00 e. The van der Waals surface area contributed by atoms with E-state index < -0.39 is 0 Å². The van der Waals surface area contributed by atoms with Gasteiger partial charge in [0, 0.05) is 24.0 Å². The average Bonchev–Trinajstić information content (AvgIpc) is 3.43. The van der Waals surface area contributed by atoms with Crippen molar-refractivity contribution in [1.82, 2.24) is 0 Å². The van der Waals surface area contributed by atoms with E-state index in [2.05, 4.69) is 111 Å². The molecule has 0 spiro atoms. The molecule has 2 aromatic rings. The quantitative estimate of drug-likeness (QED) is 0.227. The van der Waals surface area contributed by atoms with E-state index in [9.17, 15) is 0 Å². The van der Waals surface area contributed by atoms with Gasteiger partial charge in [0.2, 0.25) is 0 Å². The number of hydrogen-bond acceptors (Lipinski definition) is 1. The molecule has 0 aromatic heterocycles. The van der Waals surface area contributed by atoms with Gasteiger partial charge in [-0.05, 0) is 65.8 Å². The summed E-state index contributed by atoms with van der Waals surface area (Å²) in [5.41, 5.74) is 6.24. The second-order valence-electron chi connectivity index (χ2n) is 16.2. The van der Waals surface area contributed by atoms with Gasteiger partial charge in [-0.2, -0.15) is 0 Å². The zero-order valence-corrected chi connectivity index (χ0v) is 29.2. The Morgan fingerprint density at radius 3 is 2.10 bits per heavy atom. The molecule has 6 atom stereocenters. The van der Waals surface area contributed by atoms with Crippen LogP contribution in [0.25, 0.3) is 0 Å². The number of unbranched alkanes of at least 4 members (excludes halogenated alkanes) is 3. The van der Waals surface area contributed by atoms with Gasteiger partial charge in [-0.1, -0.05) is 111 Å². The summed E-state index contributed by atoms with van der Waals surface area (Å²) in [6, 6.07) is 19.0. The molecule has 2 nitrogen and oxygen atoms in total. The molecular weight excluding hydrogens is 566 g/mol. The molecule has 2 aliphatic heterocycles. The van der Waals surface area contributed by atoms with Crippen LogP contribution in [-0.2, 0) is 27.7 Å². The maximum atomic E-state index is 7.29. The third kappa shape index (κ3) is 5.62. The molecule has 5 rings (SSSR count). The number of nitrogens with zero attached hydrogens (tertiary/aromatic N) is 1. The van der Waals surface area contributed by atoms with Crippen molar-refractivity contribution in [2.75, 3.05) is 19.7 Å². The first-order valence-electron chi connectivity index (χ1n) is 16.5. The molecule has 3 aliphatic rings. The molecule has 2 aromatic carbocycles. The normalized spacial score (nSPS) is 32.7. The van der Waals surface area contributed by atoms with Crippen LogP contribution < -0.4 is 17.0 Å². The van der Waals surface area contributed by atoms with Crippen LogP contribution in [0.4, 0.5) is 0 Å². The number of ether oxygens (including phenoxy) is 1. The molecule has 228 valence electrons. The van der Waals surface area contributed by atoms with Crippen LogP contribution in [0.1, 0.15) is 123 Å². The molecule has 0 radical (unpaired) electrons. The van der Waals surface area contributed by atoms with E-state index in [4.69, 9.17) is 4.74 Å². The Labute approximate surface area is 263 Å². The van der Waals surface area contributed by atoms with Crippen molar-refractivity contribution in [1.29, 1.82) is 0 Å². The Bertz CT molecular complexity index is 1150. The van der Waals surface area contributed by atoms with E-state index in [1.54, 1.807) is 0 Å². The van der Waals surface area contributed by atoms with Crippen LogP contribution in [0.2, 0.25) is 0 Å². The Morgan fingerprint density at radius 1 is 0.878 bits per heavy atom. The van der Waals surface area contributed by atoms with Gasteiger partial charge in [-0.3, -0.25) is 0 Å². The molecule has 0 N–H and O–H groups in total. The highest BCUT2D eigenvalue weighted by Crippen LogP contribution is 2.68. The lowest BCUT2D eigenvalue weighted by molar-refractivity contribution is -0.968. The van der Waals surface area contributed by atoms with Crippen molar-refractivity contribution in [2.45, 2.75) is 129 Å². The van der Waals surface area contributed by atoms with Crippen LogP contribution in [-0.4, -0.2) is 29.7 Å². The highest BCUT2D eigenvalue weighted by atomic mass is 79.9. The highest BCUT2D eigenvalue weighted by molar-refractivity contribution is 5.38. The van der Waals surface area contributed by atoms with Gasteiger partial charge in [0.25, 0.3) is 0 Å². The minimum atomic E-state index is -0.189. The maximum Gasteiger partial charge on any atom is 0.150 e. The van der Waals surface area contributed by atoms with E-state index >= 15 is 0 Å². The summed E-state index contributed by atoms with van der Waals surface area (Å²) >= 11 is 0. The third-order valence-corrected chi connectivity index (χ3v) is 11.5. The number of benzene rings is 2. The zero-order chi connectivity index (χ0) is 29.0. The molecule has 0 bridgehead atoms. The van der Waals surface area contributed by atoms with Crippen LogP contribution in [0.5, 0.6) is 0 Å². The Kier molecular flexibility index (Phi) is 9.37. The molecule has 41 heavy (non-hydrogen) atoms. The van der Waals surface area contributed by atoms with Crippen molar-refractivity contribution >= 4 is 0 Å². The highest BCUT2D eigenvalue weighted by Gasteiger charge is 2.78. The smallest absolute Gasteiger partial charge is 0.150 e. The number of hydrogen-bond donors (Lipinski definition) is 0. The first-order valence-corrected chi connectivity index (χ1v) is 16.5. The molecule has 1 saturated carbocycles. The fourth-order valence-corrected chi connectivity index (χ4v) is 9.42. The topological polar surface area (TPSA) is 9.23 Å².